The molecule has 0 amide bonds. The number of para-hydroxylation sites is 2. The average Bonchev–Trinajstić information content (AvgIpc) is 3.40. The number of nitrogens with zero attached hydrogens (tertiary/aromatic N) is 5. The Hall–Kier alpha value is -3.23. The Kier molecular flexibility index (Phi) is 4.71. The molecule has 1 aliphatic heterocycles. The third-order valence-electron chi connectivity index (χ3n) is 5.26. The molecule has 0 saturated carbocycles. The van der Waals surface area contributed by atoms with Crippen LogP contribution >= 0.6 is 0 Å². The van der Waals surface area contributed by atoms with Gasteiger partial charge in [0.05, 0.1) is 18.3 Å². The molecule has 1 aliphatic rings. The smallest absolute Gasteiger partial charge is 0.231 e. The van der Waals surface area contributed by atoms with Crippen LogP contribution in [0.15, 0.2) is 53.3 Å². The maximum Gasteiger partial charge on any atom is 0.231 e. The van der Waals surface area contributed by atoms with E-state index < -0.39 is 0 Å². The highest BCUT2D eigenvalue weighted by atomic mass is 16.3. The van der Waals surface area contributed by atoms with Crippen molar-refractivity contribution in [3.8, 4) is 22.6 Å². The van der Waals surface area contributed by atoms with Crippen LogP contribution in [0.1, 0.15) is 0 Å². The van der Waals surface area contributed by atoms with Gasteiger partial charge in [0.25, 0.3) is 0 Å². The van der Waals surface area contributed by atoms with Gasteiger partial charge >= 0.3 is 0 Å². The molecule has 8 nitrogen and oxygen atoms in total. The largest absolute Gasteiger partial charge is 0.436 e. The number of hydrogen-bond acceptors (Lipinski definition) is 7. The molecule has 3 N–H and O–H groups in total. The first-order valence-electron chi connectivity index (χ1n) is 9.84. The predicted molar refractivity (Wildman–Crippen MR) is 112 cm³/mol. The zero-order valence-corrected chi connectivity index (χ0v) is 16.1. The normalized spacial score (nSPS) is 15.2. The zero-order valence-electron chi connectivity index (χ0n) is 16.1. The Morgan fingerprint density at radius 2 is 1.93 bits per heavy atom. The molecule has 5 rings (SSSR count). The molecule has 4 heterocycles. The highest BCUT2D eigenvalue weighted by molar-refractivity contribution is 5.80. The highest BCUT2D eigenvalue weighted by Gasteiger charge is 2.15. The van der Waals surface area contributed by atoms with Crippen molar-refractivity contribution in [2.24, 2.45) is 0 Å². The van der Waals surface area contributed by atoms with Gasteiger partial charge in [0.1, 0.15) is 11.3 Å². The van der Waals surface area contributed by atoms with Crippen LogP contribution in [-0.2, 0) is 6.54 Å². The van der Waals surface area contributed by atoms with Crippen molar-refractivity contribution < 1.29 is 4.42 Å². The summed E-state index contributed by atoms with van der Waals surface area (Å²) in [6, 6.07) is 9.62. The van der Waals surface area contributed by atoms with Crippen molar-refractivity contribution in [2.45, 2.75) is 6.54 Å². The lowest BCUT2D eigenvalue weighted by atomic mass is 10.1. The van der Waals surface area contributed by atoms with E-state index in [2.05, 4.69) is 25.3 Å². The minimum Gasteiger partial charge on any atom is -0.436 e. The number of hydrogen-bond donors (Lipinski definition) is 2. The second-order valence-electron chi connectivity index (χ2n) is 7.23. The summed E-state index contributed by atoms with van der Waals surface area (Å²) in [7, 11) is 0. The molecule has 0 atom stereocenters. The fourth-order valence-corrected chi connectivity index (χ4v) is 3.61. The van der Waals surface area contributed by atoms with E-state index in [-0.39, 0.29) is 0 Å². The molecule has 8 heteroatoms. The van der Waals surface area contributed by atoms with E-state index in [1.54, 1.807) is 6.20 Å². The van der Waals surface area contributed by atoms with Gasteiger partial charge in [0.2, 0.25) is 5.89 Å². The van der Waals surface area contributed by atoms with Gasteiger partial charge in [-0.2, -0.15) is 5.10 Å². The number of oxazole rings is 1. The summed E-state index contributed by atoms with van der Waals surface area (Å²) in [4.78, 5) is 11.4. The van der Waals surface area contributed by atoms with Gasteiger partial charge in [-0.05, 0) is 18.2 Å². The van der Waals surface area contributed by atoms with Crippen LogP contribution in [0.5, 0.6) is 0 Å². The van der Waals surface area contributed by atoms with Crippen LogP contribution in [0.3, 0.4) is 0 Å². The van der Waals surface area contributed by atoms with E-state index in [4.69, 9.17) is 10.2 Å². The molecular formula is C21H23N7O. The molecular weight excluding hydrogens is 366 g/mol. The molecule has 148 valence electrons. The summed E-state index contributed by atoms with van der Waals surface area (Å²) in [5, 5.41) is 7.89. The third-order valence-corrected chi connectivity index (χ3v) is 5.26. The lowest BCUT2D eigenvalue weighted by Gasteiger charge is -2.26. The monoisotopic (exact) mass is 389 g/mol. The number of fused-ring (bicyclic) bond motifs is 1. The molecule has 0 bridgehead atoms. The van der Waals surface area contributed by atoms with Crippen molar-refractivity contribution >= 4 is 16.9 Å². The Balaban J connectivity index is 1.37. The highest BCUT2D eigenvalue weighted by Crippen LogP contribution is 2.31. The van der Waals surface area contributed by atoms with Gasteiger partial charge < -0.3 is 15.5 Å². The number of benzene rings is 1. The minimum absolute atomic E-state index is 0.395. The fraction of sp³-hybridized carbons (Fsp3) is 0.286. The van der Waals surface area contributed by atoms with E-state index in [1.807, 2.05) is 47.4 Å². The van der Waals surface area contributed by atoms with Crippen LogP contribution in [0.2, 0.25) is 0 Å². The van der Waals surface area contributed by atoms with Crippen LogP contribution in [0, 0.1) is 0 Å². The lowest BCUT2D eigenvalue weighted by Crippen LogP contribution is -2.44. The van der Waals surface area contributed by atoms with Gasteiger partial charge in [0, 0.05) is 56.2 Å². The quantitative estimate of drug-likeness (QED) is 0.540. The molecule has 4 aromatic rings. The number of nitrogen functional groups attached to an aromatic ring is 1. The van der Waals surface area contributed by atoms with E-state index in [1.165, 1.54) is 0 Å². The summed E-state index contributed by atoms with van der Waals surface area (Å²) >= 11 is 0. The maximum atomic E-state index is 6.11. The first-order chi connectivity index (χ1) is 14.3. The van der Waals surface area contributed by atoms with Crippen LogP contribution in [-0.4, -0.2) is 57.4 Å². The molecule has 0 aliphatic carbocycles. The summed E-state index contributed by atoms with van der Waals surface area (Å²) in [6.45, 7) is 6.14. The van der Waals surface area contributed by atoms with Gasteiger partial charge in [-0.15, -0.1) is 0 Å². The van der Waals surface area contributed by atoms with Crippen molar-refractivity contribution in [3.05, 3.63) is 48.9 Å². The number of piperazine rings is 1. The molecule has 3 aromatic heterocycles. The maximum absolute atomic E-state index is 6.11. The van der Waals surface area contributed by atoms with E-state index in [9.17, 15) is 0 Å². The number of pyridine rings is 1. The topological polar surface area (TPSA) is 98.0 Å². The lowest BCUT2D eigenvalue weighted by molar-refractivity contribution is 0.229. The van der Waals surface area contributed by atoms with Crippen molar-refractivity contribution in [1.29, 1.82) is 0 Å². The summed E-state index contributed by atoms with van der Waals surface area (Å²) in [5.74, 6) is 0.871. The molecule has 0 unspecified atom stereocenters. The first kappa shape index (κ1) is 17.8. The van der Waals surface area contributed by atoms with Crippen LogP contribution < -0.4 is 11.1 Å². The number of rotatable bonds is 5. The van der Waals surface area contributed by atoms with Crippen molar-refractivity contribution in [1.82, 2.24) is 30.0 Å². The number of anilines is 1. The SMILES string of the molecule is Nc1ncc(-c2cnn(CCN3CCNCC3)c2)cc1-c1nc2ccccc2o1. The number of nitrogens with two attached hydrogens (primary N) is 1. The van der Waals surface area contributed by atoms with Crippen molar-refractivity contribution in [2.75, 3.05) is 38.5 Å². The summed E-state index contributed by atoms with van der Waals surface area (Å²) in [5.41, 5.74) is 10.3. The Bertz CT molecular complexity index is 1090. The number of nitrogens with one attached hydrogen (secondary N) is 1. The molecule has 0 spiro atoms. The fourth-order valence-electron chi connectivity index (χ4n) is 3.61. The van der Waals surface area contributed by atoms with Crippen molar-refractivity contribution in [3.63, 3.8) is 0 Å². The Morgan fingerprint density at radius 3 is 2.79 bits per heavy atom. The van der Waals surface area contributed by atoms with Gasteiger partial charge in [-0.1, -0.05) is 12.1 Å². The minimum atomic E-state index is 0.395. The second-order valence-corrected chi connectivity index (χ2v) is 7.23. The average molecular weight is 389 g/mol. The van der Waals surface area contributed by atoms with Gasteiger partial charge in [-0.3, -0.25) is 9.58 Å². The molecule has 1 fully saturated rings. The standard InChI is InChI=1S/C21H23N7O/c22-20-17(21-26-18-3-1-2-4-19(18)29-21)11-15(12-24-20)16-13-25-28(14-16)10-9-27-7-5-23-6-8-27/h1-4,11-14,23H,5-10H2,(H2,22,24). The third kappa shape index (κ3) is 3.72. The molecule has 1 saturated heterocycles. The molecule has 29 heavy (non-hydrogen) atoms. The first-order valence-corrected chi connectivity index (χ1v) is 9.84. The van der Waals surface area contributed by atoms with Gasteiger partial charge in [-0.25, -0.2) is 9.97 Å². The van der Waals surface area contributed by atoms with Crippen LogP contribution in [0.25, 0.3) is 33.7 Å². The predicted octanol–water partition coefficient (Wildman–Crippen LogP) is 2.24. The van der Waals surface area contributed by atoms with E-state index in [0.29, 0.717) is 17.3 Å². The summed E-state index contributed by atoms with van der Waals surface area (Å²) < 4.78 is 7.85. The molecule has 1 aromatic carbocycles. The number of aromatic nitrogens is 4. The van der Waals surface area contributed by atoms with Crippen LogP contribution in [0.4, 0.5) is 5.82 Å². The Labute approximate surface area is 168 Å². The zero-order chi connectivity index (χ0) is 19.6. The molecule has 0 radical (unpaired) electrons. The second kappa shape index (κ2) is 7.65. The summed E-state index contributed by atoms with van der Waals surface area (Å²) in [6.07, 6.45) is 5.67. The van der Waals surface area contributed by atoms with Gasteiger partial charge in [0.15, 0.2) is 5.58 Å². The Morgan fingerprint density at radius 1 is 1.07 bits per heavy atom. The van der Waals surface area contributed by atoms with E-state index >= 15 is 0 Å². The van der Waals surface area contributed by atoms with E-state index in [0.717, 1.165) is 61.5 Å².